The van der Waals surface area contributed by atoms with E-state index >= 15 is 0 Å². The van der Waals surface area contributed by atoms with Crippen molar-refractivity contribution < 1.29 is 4.74 Å². The molecule has 4 heteroatoms. The molecule has 2 saturated carbocycles. The number of ether oxygens (including phenoxy) is 1. The second-order valence-corrected chi connectivity index (χ2v) is 11.1. The summed E-state index contributed by atoms with van der Waals surface area (Å²) in [6.07, 6.45) is 11.2. The van der Waals surface area contributed by atoms with Crippen LogP contribution in [0.3, 0.4) is 0 Å². The van der Waals surface area contributed by atoms with Crippen LogP contribution < -0.4 is 9.80 Å². The van der Waals surface area contributed by atoms with Crippen LogP contribution in [0.5, 0.6) is 0 Å². The summed E-state index contributed by atoms with van der Waals surface area (Å²) >= 11 is 0. The highest BCUT2D eigenvalue weighted by Crippen LogP contribution is 2.49. The van der Waals surface area contributed by atoms with E-state index in [4.69, 9.17) is 4.74 Å². The minimum Gasteiger partial charge on any atom is -0.378 e. The highest BCUT2D eigenvalue weighted by molar-refractivity contribution is 5.63. The lowest BCUT2D eigenvalue weighted by Crippen LogP contribution is -2.47. The van der Waals surface area contributed by atoms with Gasteiger partial charge in [0.15, 0.2) is 0 Å². The largest absolute Gasteiger partial charge is 0.378 e. The smallest absolute Gasteiger partial charge is 0.0642 e. The summed E-state index contributed by atoms with van der Waals surface area (Å²) in [4.78, 5) is 7.96. The van der Waals surface area contributed by atoms with Crippen molar-refractivity contribution in [2.24, 2.45) is 11.3 Å². The average molecular weight is 440 g/mol. The fourth-order valence-electron chi connectivity index (χ4n) is 6.51. The van der Waals surface area contributed by atoms with Crippen LogP contribution in [0.4, 0.5) is 11.4 Å². The lowest BCUT2D eigenvalue weighted by Gasteiger charge is -2.42. The highest BCUT2D eigenvalue weighted by atomic mass is 16.5. The van der Waals surface area contributed by atoms with Gasteiger partial charge in [-0.1, -0.05) is 26.7 Å². The summed E-state index contributed by atoms with van der Waals surface area (Å²) < 4.78 is 5.62. The number of hydrogen-bond donors (Lipinski definition) is 0. The molecule has 2 heterocycles. The molecule has 0 bridgehead atoms. The molecule has 2 aliphatic heterocycles. The van der Waals surface area contributed by atoms with E-state index in [1.165, 1.54) is 89.8 Å². The third-order valence-corrected chi connectivity index (χ3v) is 9.30. The Kier molecular flexibility index (Phi) is 6.99. The Balaban J connectivity index is 1.35. The highest BCUT2D eigenvalue weighted by Gasteiger charge is 2.34. The van der Waals surface area contributed by atoms with E-state index in [2.05, 4.69) is 46.7 Å². The molecular weight excluding hydrogens is 394 g/mol. The van der Waals surface area contributed by atoms with Crippen LogP contribution in [-0.2, 0) is 4.74 Å². The number of morpholine rings is 1. The molecule has 0 spiro atoms. The Labute approximate surface area is 196 Å². The molecule has 4 aliphatic rings. The number of hydrogen-bond acceptors (Lipinski definition) is 4. The van der Waals surface area contributed by atoms with Crippen LogP contribution in [0.25, 0.3) is 0 Å². The van der Waals surface area contributed by atoms with Gasteiger partial charge in [-0.25, -0.2) is 0 Å². The first-order valence-corrected chi connectivity index (χ1v) is 13.6. The summed E-state index contributed by atoms with van der Waals surface area (Å²) in [6, 6.07) is 7.44. The van der Waals surface area contributed by atoms with Gasteiger partial charge in [0.25, 0.3) is 0 Å². The number of rotatable bonds is 7. The molecule has 2 aliphatic carbocycles. The van der Waals surface area contributed by atoms with Crippen molar-refractivity contribution in [2.75, 3.05) is 68.8 Å². The van der Waals surface area contributed by atoms with E-state index < -0.39 is 0 Å². The number of nitrogens with zero attached hydrogens (tertiary/aromatic N) is 3. The van der Waals surface area contributed by atoms with Crippen molar-refractivity contribution in [2.45, 2.75) is 71.1 Å². The second kappa shape index (κ2) is 9.93. The molecule has 0 unspecified atom stereocenters. The Morgan fingerprint density at radius 1 is 0.844 bits per heavy atom. The van der Waals surface area contributed by atoms with E-state index in [0.29, 0.717) is 5.41 Å². The second-order valence-electron chi connectivity index (χ2n) is 11.1. The minimum absolute atomic E-state index is 0.604. The van der Waals surface area contributed by atoms with Gasteiger partial charge in [-0.05, 0) is 79.5 Å². The summed E-state index contributed by atoms with van der Waals surface area (Å²) in [5.74, 6) is 1.73. The molecule has 1 aromatic carbocycles. The monoisotopic (exact) mass is 439 g/mol. The fraction of sp³-hybridized carbons (Fsp3) is 0.786. The average Bonchev–Trinajstić information content (AvgIpc) is 3.69. The van der Waals surface area contributed by atoms with Crippen LogP contribution in [-0.4, -0.2) is 63.9 Å². The van der Waals surface area contributed by atoms with Crippen molar-refractivity contribution >= 4 is 11.4 Å². The summed E-state index contributed by atoms with van der Waals surface area (Å²) in [7, 11) is 0. The summed E-state index contributed by atoms with van der Waals surface area (Å²) in [5, 5.41) is 0. The van der Waals surface area contributed by atoms with Crippen LogP contribution in [0.1, 0.15) is 76.7 Å². The zero-order chi connectivity index (χ0) is 22.0. The molecule has 0 aromatic heterocycles. The van der Waals surface area contributed by atoms with Crippen LogP contribution >= 0.6 is 0 Å². The molecule has 1 aromatic rings. The SMILES string of the molecule is CCC1(CC)CCC(c2cc(N3CCOCC3)ccc2N2CCN(CC3CC3)CC2)CC1. The van der Waals surface area contributed by atoms with E-state index in [0.717, 1.165) is 38.1 Å². The zero-order valence-corrected chi connectivity index (χ0v) is 20.7. The number of anilines is 2. The molecule has 0 atom stereocenters. The molecule has 178 valence electrons. The Morgan fingerprint density at radius 2 is 1.53 bits per heavy atom. The van der Waals surface area contributed by atoms with Gasteiger partial charge in [0.05, 0.1) is 13.2 Å². The third kappa shape index (κ3) is 4.97. The van der Waals surface area contributed by atoms with E-state index in [1.807, 2.05) is 0 Å². The van der Waals surface area contributed by atoms with Gasteiger partial charge in [0.1, 0.15) is 0 Å². The molecule has 32 heavy (non-hydrogen) atoms. The van der Waals surface area contributed by atoms with Crippen molar-refractivity contribution in [1.82, 2.24) is 4.90 Å². The summed E-state index contributed by atoms with van der Waals surface area (Å²) in [6.45, 7) is 14.8. The van der Waals surface area contributed by atoms with E-state index in [9.17, 15) is 0 Å². The van der Waals surface area contributed by atoms with Crippen molar-refractivity contribution in [3.05, 3.63) is 23.8 Å². The quantitative estimate of drug-likeness (QED) is 0.557. The van der Waals surface area contributed by atoms with Crippen molar-refractivity contribution in [3.8, 4) is 0 Å². The normalized spacial score (nSPS) is 25.3. The van der Waals surface area contributed by atoms with Gasteiger partial charge in [0.2, 0.25) is 0 Å². The number of piperazine rings is 1. The Morgan fingerprint density at radius 3 is 2.16 bits per heavy atom. The topological polar surface area (TPSA) is 19.0 Å². The standard InChI is InChI=1S/C28H45N3O/c1-3-28(4-2)11-9-24(10-12-28)26-21-25(30-17-19-32-20-18-30)7-8-27(26)31-15-13-29(14-16-31)22-23-5-6-23/h7-8,21,23-24H,3-6,9-20,22H2,1-2H3. The lowest BCUT2D eigenvalue weighted by molar-refractivity contribution is 0.122. The lowest BCUT2D eigenvalue weighted by atomic mass is 9.66. The van der Waals surface area contributed by atoms with Gasteiger partial charge in [-0.3, -0.25) is 4.90 Å². The van der Waals surface area contributed by atoms with Crippen LogP contribution in [0.15, 0.2) is 18.2 Å². The van der Waals surface area contributed by atoms with Crippen LogP contribution in [0, 0.1) is 11.3 Å². The molecule has 4 nitrogen and oxygen atoms in total. The first kappa shape index (κ1) is 22.5. The first-order valence-electron chi connectivity index (χ1n) is 13.6. The van der Waals surface area contributed by atoms with Gasteiger partial charge in [-0.15, -0.1) is 0 Å². The molecule has 4 fully saturated rings. The molecule has 0 N–H and O–H groups in total. The molecular formula is C28H45N3O. The zero-order valence-electron chi connectivity index (χ0n) is 20.7. The van der Waals surface area contributed by atoms with Crippen LogP contribution in [0.2, 0.25) is 0 Å². The molecule has 5 rings (SSSR count). The van der Waals surface area contributed by atoms with E-state index in [-0.39, 0.29) is 0 Å². The van der Waals surface area contributed by atoms with Gasteiger partial charge in [-0.2, -0.15) is 0 Å². The maximum absolute atomic E-state index is 5.62. The van der Waals surface area contributed by atoms with E-state index in [1.54, 1.807) is 11.3 Å². The van der Waals surface area contributed by atoms with Gasteiger partial charge in [0, 0.05) is 57.2 Å². The fourth-order valence-corrected chi connectivity index (χ4v) is 6.51. The summed E-state index contributed by atoms with van der Waals surface area (Å²) in [5.41, 5.74) is 5.21. The maximum Gasteiger partial charge on any atom is 0.0642 e. The Bertz CT molecular complexity index is 733. The minimum atomic E-state index is 0.604. The molecule has 0 amide bonds. The van der Waals surface area contributed by atoms with Crippen molar-refractivity contribution in [1.29, 1.82) is 0 Å². The predicted molar refractivity (Wildman–Crippen MR) is 135 cm³/mol. The molecule has 2 saturated heterocycles. The van der Waals surface area contributed by atoms with Crippen molar-refractivity contribution in [3.63, 3.8) is 0 Å². The number of benzene rings is 1. The van der Waals surface area contributed by atoms with Gasteiger partial charge < -0.3 is 14.5 Å². The maximum atomic E-state index is 5.62. The predicted octanol–water partition coefficient (Wildman–Crippen LogP) is 5.52. The third-order valence-electron chi connectivity index (χ3n) is 9.30. The first-order chi connectivity index (χ1) is 15.7. The van der Waals surface area contributed by atoms with Gasteiger partial charge >= 0.3 is 0 Å². The Hall–Kier alpha value is -1.26. The molecule has 0 radical (unpaired) electrons.